The van der Waals surface area contributed by atoms with Crippen LogP contribution in [-0.4, -0.2) is 12.0 Å². The Labute approximate surface area is 179 Å². The lowest BCUT2D eigenvalue weighted by atomic mass is 10.2. The Balaban J connectivity index is 1.33. The summed E-state index contributed by atoms with van der Waals surface area (Å²) in [6, 6.07) is 25.2. The molecule has 6 heteroatoms. The van der Waals surface area contributed by atoms with Crippen molar-refractivity contribution in [3.63, 3.8) is 0 Å². The number of carbonyl (C=O) groups excluding carboxylic acids is 1. The number of nitrogens with one attached hydrogen (secondary N) is 1. The molecule has 1 N–H and O–H groups in total. The number of rotatable bonds is 7. The van der Waals surface area contributed by atoms with Crippen LogP contribution in [0.1, 0.15) is 12.5 Å². The standard InChI is InChI=1S/C25H21NO5/c1-17(30-22-11-7-19-8-14-24(27)31-23(19)15-22)25(28)26-20-9-12-21(13-10-20)29-16-18-5-3-2-4-6-18/h2-15,17H,16H2,1H3,(H,26,28)/t17-/m0/s1. The molecule has 4 aromatic rings. The van der Waals surface area contributed by atoms with Crippen molar-refractivity contribution in [1.29, 1.82) is 0 Å². The molecule has 1 heterocycles. The highest BCUT2D eigenvalue weighted by atomic mass is 16.5. The molecular weight excluding hydrogens is 394 g/mol. The number of anilines is 1. The van der Waals surface area contributed by atoms with Gasteiger partial charge in [-0.25, -0.2) is 4.79 Å². The minimum atomic E-state index is -0.748. The van der Waals surface area contributed by atoms with Crippen LogP contribution >= 0.6 is 0 Å². The summed E-state index contributed by atoms with van der Waals surface area (Å²) in [5.41, 5.74) is 1.69. The van der Waals surface area contributed by atoms with Gasteiger partial charge >= 0.3 is 5.63 Å². The Kier molecular flexibility index (Phi) is 5.98. The zero-order chi connectivity index (χ0) is 21.6. The summed E-state index contributed by atoms with van der Waals surface area (Å²) < 4.78 is 16.6. The summed E-state index contributed by atoms with van der Waals surface area (Å²) in [6.07, 6.45) is -0.748. The lowest BCUT2D eigenvalue weighted by Crippen LogP contribution is -2.30. The van der Waals surface area contributed by atoms with E-state index in [1.807, 2.05) is 30.3 Å². The number of fused-ring (bicyclic) bond motifs is 1. The second kappa shape index (κ2) is 9.17. The number of ether oxygens (including phenoxy) is 2. The number of hydrogen-bond donors (Lipinski definition) is 1. The van der Waals surface area contributed by atoms with Gasteiger partial charge in [-0.2, -0.15) is 0 Å². The highest BCUT2D eigenvalue weighted by Crippen LogP contribution is 2.21. The number of hydrogen-bond acceptors (Lipinski definition) is 5. The van der Waals surface area contributed by atoms with Gasteiger partial charge in [0.2, 0.25) is 0 Å². The summed E-state index contributed by atoms with van der Waals surface area (Å²) in [4.78, 5) is 23.9. The second-order valence-corrected chi connectivity index (χ2v) is 7.00. The van der Waals surface area contributed by atoms with Crippen LogP contribution in [0.25, 0.3) is 11.0 Å². The van der Waals surface area contributed by atoms with Crippen molar-refractivity contribution in [2.45, 2.75) is 19.6 Å². The van der Waals surface area contributed by atoms with E-state index in [4.69, 9.17) is 13.9 Å². The van der Waals surface area contributed by atoms with Crippen molar-refractivity contribution in [3.05, 3.63) is 101 Å². The van der Waals surface area contributed by atoms with E-state index >= 15 is 0 Å². The van der Waals surface area contributed by atoms with Crippen LogP contribution < -0.4 is 20.4 Å². The molecule has 0 bridgehead atoms. The van der Waals surface area contributed by atoms with Crippen LogP contribution in [0, 0.1) is 0 Å². The van der Waals surface area contributed by atoms with Crippen LogP contribution in [0.5, 0.6) is 11.5 Å². The van der Waals surface area contributed by atoms with Crippen molar-refractivity contribution in [3.8, 4) is 11.5 Å². The molecule has 0 aliphatic carbocycles. The van der Waals surface area contributed by atoms with Gasteiger partial charge in [0.1, 0.15) is 23.7 Å². The first kappa shape index (κ1) is 20.2. The first-order chi connectivity index (χ1) is 15.1. The van der Waals surface area contributed by atoms with Crippen molar-refractivity contribution in [1.82, 2.24) is 0 Å². The Morgan fingerprint density at radius 1 is 0.935 bits per heavy atom. The fraction of sp³-hybridized carbons (Fsp3) is 0.120. The first-order valence-corrected chi connectivity index (χ1v) is 9.85. The summed E-state index contributed by atoms with van der Waals surface area (Å²) in [7, 11) is 0. The van der Waals surface area contributed by atoms with Crippen molar-refractivity contribution in [2.75, 3.05) is 5.32 Å². The Hall–Kier alpha value is -4.06. The van der Waals surface area contributed by atoms with E-state index in [-0.39, 0.29) is 5.91 Å². The molecule has 0 aliphatic heterocycles. The van der Waals surface area contributed by atoms with Gasteiger partial charge < -0.3 is 19.2 Å². The minimum Gasteiger partial charge on any atom is -0.489 e. The highest BCUT2D eigenvalue weighted by Gasteiger charge is 2.15. The van der Waals surface area contributed by atoms with Gasteiger partial charge in [0.05, 0.1) is 0 Å². The van der Waals surface area contributed by atoms with E-state index < -0.39 is 11.7 Å². The molecule has 0 fully saturated rings. The molecule has 156 valence electrons. The van der Waals surface area contributed by atoms with Gasteiger partial charge in [-0.3, -0.25) is 4.79 Å². The summed E-state index contributed by atoms with van der Waals surface area (Å²) in [5, 5.41) is 3.59. The smallest absolute Gasteiger partial charge is 0.336 e. The highest BCUT2D eigenvalue weighted by molar-refractivity contribution is 5.94. The predicted octanol–water partition coefficient (Wildman–Crippen LogP) is 4.78. The van der Waals surface area contributed by atoms with Crippen LogP contribution in [0.3, 0.4) is 0 Å². The zero-order valence-electron chi connectivity index (χ0n) is 16.9. The number of benzene rings is 3. The van der Waals surface area contributed by atoms with E-state index in [1.165, 1.54) is 6.07 Å². The first-order valence-electron chi connectivity index (χ1n) is 9.85. The molecule has 3 aromatic carbocycles. The maximum absolute atomic E-state index is 12.5. The molecule has 31 heavy (non-hydrogen) atoms. The SMILES string of the molecule is C[C@H](Oc1ccc2ccc(=O)oc2c1)C(=O)Nc1ccc(OCc2ccccc2)cc1. The average molecular weight is 415 g/mol. The van der Waals surface area contributed by atoms with Crippen molar-refractivity contribution >= 4 is 22.6 Å². The lowest BCUT2D eigenvalue weighted by Gasteiger charge is -2.15. The molecule has 0 saturated carbocycles. The minimum absolute atomic E-state index is 0.299. The fourth-order valence-corrected chi connectivity index (χ4v) is 2.99. The van der Waals surface area contributed by atoms with Crippen LogP contribution in [0.4, 0.5) is 5.69 Å². The third kappa shape index (κ3) is 5.30. The van der Waals surface area contributed by atoms with Crippen molar-refractivity contribution in [2.24, 2.45) is 0 Å². The van der Waals surface area contributed by atoms with Crippen LogP contribution in [-0.2, 0) is 11.4 Å². The number of carbonyl (C=O) groups is 1. The van der Waals surface area contributed by atoms with E-state index in [2.05, 4.69) is 5.32 Å². The topological polar surface area (TPSA) is 77.8 Å². The maximum Gasteiger partial charge on any atom is 0.336 e. The van der Waals surface area contributed by atoms with Gasteiger partial charge in [0, 0.05) is 23.2 Å². The number of amides is 1. The quantitative estimate of drug-likeness (QED) is 0.440. The normalized spacial score (nSPS) is 11.6. The monoisotopic (exact) mass is 415 g/mol. The summed E-state index contributed by atoms with van der Waals surface area (Å²) in [5.74, 6) is 0.852. The maximum atomic E-state index is 12.5. The van der Waals surface area contributed by atoms with Gasteiger partial charge in [0.15, 0.2) is 6.10 Å². The van der Waals surface area contributed by atoms with E-state index in [0.29, 0.717) is 29.4 Å². The summed E-state index contributed by atoms with van der Waals surface area (Å²) in [6.45, 7) is 2.13. The molecule has 0 aliphatic rings. The molecule has 6 nitrogen and oxygen atoms in total. The van der Waals surface area contributed by atoms with Gasteiger partial charge in [0.25, 0.3) is 5.91 Å². The van der Waals surface area contributed by atoms with Gasteiger partial charge in [-0.05, 0) is 55.0 Å². The van der Waals surface area contributed by atoms with E-state index in [1.54, 1.807) is 55.5 Å². The largest absolute Gasteiger partial charge is 0.489 e. The average Bonchev–Trinajstić information content (AvgIpc) is 2.79. The third-order valence-electron chi connectivity index (χ3n) is 4.65. The lowest BCUT2D eigenvalue weighted by molar-refractivity contribution is -0.122. The van der Waals surface area contributed by atoms with Crippen molar-refractivity contribution < 1.29 is 18.7 Å². The molecule has 0 saturated heterocycles. The predicted molar refractivity (Wildman–Crippen MR) is 118 cm³/mol. The molecule has 4 rings (SSSR count). The Morgan fingerprint density at radius 3 is 2.42 bits per heavy atom. The van der Waals surface area contributed by atoms with E-state index in [9.17, 15) is 9.59 Å². The third-order valence-corrected chi connectivity index (χ3v) is 4.65. The fourth-order valence-electron chi connectivity index (χ4n) is 2.99. The molecule has 0 radical (unpaired) electrons. The summed E-state index contributed by atoms with van der Waals surface area (Å²) >= 11 is 0. The van der Waals surface area contributed by atoms with Crippen LogP contribution in [0.2, 0.25) is 0 Å². The van der Waals surface area contributed by atoms with Gasteiger partial charge in [-0.1, -0.05) is 30.3 Å². The molecule has 0 unspecified atom stereocenters. The van der Waals surface area contributed by atoms with Crippen LogP contribution in [0.15, 0.2) is 94.1 Å². The molecule has 1 atom stereocenters. The molecule has 0 spiro atoms. The molecule has 1 aromatic heterocycles. The zero-order valence-corrected chi connectivity index (χ0v) is 16.9. The van der Waals surface area contributed by atoms with Gasteiger partial charge in [-0.15, -0.1) is 0 Å². The Morgan fingerprint density at radius 2 is 1.65 bits per heavy atom. The Bertz CT molecular complexity index is 1230. The molecular formula is C25H21NO5. The van der Waals surface area contributed by atoms with E-state index in [0.717, 1.165) is 10.9 Å². The second-order valence-electron chi connectivity index (χ2n) is 7.00. The molecule has 1 amide bonds.